The molecule has 1 aromatic rings. The van der Waals surface area contributed by atoms with Gasteiger partial charge < -0.3 is 15.4 Å². The molecule has 130 valence electrons. The SMILES string of the molecule is CCc1cnc(CNC(=NC)NCC(C)N2CCOCC2C)s1. The number of rotatable bonds is 6. The van der Waals surface area contributed by atoms with Crippen molar-refractivity contribution in [1.82, 2.24) is 20.5 Å². The maximum absolute atomic E-state index is 5.50. The van der Waals surface area contributed by atoms with E-state index in [-0.39, 0.29) is 0 Å². The quantitative estimate of drug-likeness (QED) is 0.607. The minimum Gasteiger partial charge on any atom is -0.379 e. The molecule has 0 radical (unpaired) electrons. The molecule has 2 heterocycles. The van der Waals surface area contributed by atoms with E-state index in [1.54, 1.807) is 18.4 Å². The summed E-state index contributed by atoms with van der Waals surface area (Å²) in [4.78, 5) is 12.5. The zero-order chi connectivity index (χ0) is 16.7. The zero-order valence-corrected chi connectivity index (χ0v) is 15.4. The van der Waals surface area contributed by atoms with E-state index in [1.165, 1.54) is 4.88 Å². The van der Waals surface area contributed by atoms with E-state index in [0.29, 0.717) is 18.6 Å². The fraction of sp³-hybridized carbons (Fsp3) is 0.750. The van der Waals surface area contributed by atoms with E-state index in [0.717, 1.165) is 43.7 Å². The molecule has 0 bridgehead atoms. The summed E-state index contributed by atoms with van der Waals surface area (Å²) in [6, 6.07) is 0.914. The first kappa shape index (κ1) is 18.2. The van der Waals surface area contributed by atoms with E-state index >= 15 is 0 Å². The molecule has 23 heavy (non-hydrogen) atoms. The number of thiazole rings is 1. The number of aryl methyl sites for hydroxylation is 1. The van der Waals surface area contributed by atoms with Crippen LogP contribution in [0.15, 0.2) is 11.2 Å². The van der Waals surface area contributed by atoms with Gasteiger partial charge in [0.1, 0.15) is 5.01 Å². The van der Waals surface area contributed by atoms with Crippen LogP contribution in [0.2, 0.25) is 0 Å². The van der Waals surface area contributed by atoms with Gasteiger partial charge in [0.05, 0.1) is 19.8 Å². The molecule has 0 spiro atoms. The maximum Gasteiger partial charge on any atom is 0.191 e. The number of ether oxygens (including phenoxy) is 1. The van der Waals surface area contributed by atoms with Crippen LogP contribution in [0.3, 0.4) is 0 Å². The molecule has 0 saturated carbocycles. The van der Waals surface area contributed by atoms with Crippen LogP contribution < -0.4 is 10.6 Å². The Kier molecular flexibility index (Phi) is 7.26. The van der Waals surface area contributed by atoms with E-state index < -0.39 is 0 Å². The molecular formula is C16H29N5OS. The Hall–Kier alpha value is -1.18. The highest BCUT2D eigenvalue weighted by atomic mass is 32.1. The minimum atomic E-state index is 0.444. The topological polar surface area (TPSA) is 61.8 Å². The summed E-state index contributed by atoms with van der Waals surface area (Å²) in [5.74, 6) is 0.825. The van der Waals surface area contributed by atoms with Crippen LogP contribution >= 0.6 is 11.3 Å². The fourth-order valence-corrected chi connectivity index (χ4v) is 3.53. The summed E-state index contributed by atoms with van der Waals surface area (Å²) in [6.07, 6.45) is 3.00. The Morgan fingerprint density at radius 1 is 1.57 bits per heavy atom. The molecule has 2 atom stereocenters. The molecule has 2 N–H and O–H groups in total. The summed E-state index contributed by atoms with van der Waals surface area (Å²) in [7, 11) is 1.80. The first-order chi connectivity index (χ1) is 11.1. The Bertz CT molecular complexity index is 504. The zero-order valence-electron chi connectivity index (χ0n) is 14.6. The molecule has 1 fully saturated rings. The van der Waals surface area contributed by atoms with Crippen LogP contribution in [0.4, 0.5) is 0 Å². The van der Waals surface area contributed by atoms with Crippen molar-refractivity contribution in [2.24, 2.45) is 4.99 Å². The van der Waals surface area contributed by atoms with Gasteiger partial charge in [-0.2, -0.15) is 0 Å². The molecule has 0 aromatic carbocycles. The Morgan fingerprint density at radius 2 is 2.39 bits per heavy atom. The van der Waals surface area contributed by atoms with E-state index in [9.17, 15) is 0 Å². The van der Waals surface area contributed by atoms with Crippen LogP contribution in [-0.2, 0) is 17.7 Å². The molecular weight excluding hydrogens is 310 g/mol. The number of aliphatic imine (C=N–C) groups is 1. The van der Waals surface area contributed by atoms with Gasteiger partial charge in [-0.15, -0.1) is 11.3 Å². The number of morpholine rings is 1. The normalized spacial score (nSPS) is 21.2. The Morgan fingerprint density at radius 3 is 3.04 bits per heavy atom. The summed E-state index contributed by atoms with van der Waals surface area (Å²) in [6.45, 7) is 10.8. The molecule has 1 aliphatic heterocycles. The average molecular weight is 340 g/mol. The lowest BCUT2D eigenvalue weighted by molar-refractivity contribution is -0.0174. The van der Waals surface area contributed by atoms with Gasteiger partial charge in [-0.1, -0.05) is 6.92 Å². The van der Waals surface area contributed by atoms with Crippen molar-refractivity contribution in [2.75, 3.05) is 33.4 Å². The predicted molar refractivity (Wildman–Crippen MR) is 96.1 cm³/mol. The van der Waals surface area contributed by atoms with Crippen molar-refractivity contribution in [1.29, 1.82) is 0 Å². The number of hydrogen-bond donors (Lipinski definition) is 2. The second-order valence-corrected chi connectivity index (χ2v) is 7.09. The van der Waals surface area contributed by atoms with Crippen molar-refractivity contribution >= 4 is 17.3 Å². The molecule has 2 rings (SSSR count). The highest BCUT2D eigenvalue weighted by Crippen LogP contribution is 2.13. The smallest absolute Gasteiger partial charge is 0.191 e. The highest BCUT2D eigenvalue weighted by molar-refractivity contribution is 7.11. The molecule has 1 aromatic heterocycles. The third kappa shape index (κ3) is 5.44. The minimum absolute atomic E-state index is 0.444. The second-order valence-electron chi connectivity index (χ2n) is 5.89. The van der Waals surface area contributed by atoms with Gasteiger partial charge in [-0.25, -0.2) is 4.98 Å². The van der Waals surface area contributed by atoms with E-state index in [4.69, 9.17) is 4.74 Å². The van der Waals surface area contributed by atoms with Crippen LogP contribution in [0.5, 0.6) is 0 Å². The maximum atomic E-state index is 5.50. The molecule has 6 nitrogen and oxygen atoms in total. The third-order valence-electron chi connectivity index (χ3n) is 4.13. The van der Waals surface area contributed by atoms with Gasteiger partial charge in [0, 0.05) is 43.3 Å². The Labute approximate surface area is 143 Å². The monoisotopic (exact) mass is 339 g/mol. The van der Waals surface area contributed by atoms with Gasteiger partial charge in [0.2, 0.25) is 0 Å². The van der Waals surface area contributed by atoms with Gasteiger partial charge in [-0.05, 0) is 20.3 Å². The molecule has 0 amide bonds. The molecule has 7 heteroatoms. The van der Waals surface area contributed by atoms with Gasteiger partial charge in [0.25, 0.3) is 0 Å². The van der Waals surface area contributed by atoms with Crippen LogP contribution in [0.25, 0.3) is 0 Å². The number of nitrogens with zero attached hydrogens (tertiary/aromatic N) is 3. The van der Waals surface area contributed by atoms with E-state index in [1.807, 2.05) is 6.20 Å². The molecule has 2 unspecified atom stereocenters. The predicted octanol–water partition coefficient (Wildman–Crippen LogP) is 1.48. The van der Waals surface area contributed by atoms with E-state index in [2.05, 4.69) is 46.3 Å². The van der Waals surface area contributed by atoms with Gasteiger partial charge in [0.15, 0.2) is 5.96 Å². The summed E-state index contributed by atoms with van der Waals surface area (Å²) in [5, 5.41) is 7.84. The number of nitrogens with one attached hydrogen (secondary N) is 2. The third-order valence-corrected chi connectivity index (χ3v) is 5.27. The molecule has 0 aliphatic carbocycles. The fourth-order valence-electron chi connectivity index (χ4n) is 2.73. The lowest BCUT2D eigenvalue weighted by atomic mass is 10.2. The number of aromatic nitrogens is 1. The molecule has 1 saturated heterocycles. The summed E-state index contributed by atoms with van der Waals surface area (Å²) < 4.78 is 5.50. The lowest BCUT2D eigenvalue weighted by Crippen LogP contribution is -2.52. The van der Waals surface area contributed by atoms with Gasteiger partial charge in [-0.3, -0.25) is 9.89 Å². The number of hydrogen-bond acceptors (Lipinski definition) is 5. The van der Waals surface area contributed by atoms with Crippen molar-refractivity contribution < 1.29 is 4.74 Å². The first-order valence-corrected chi connectivity index (χ1v) is 9.17. The van der Waals surface area contributed by atoms with Crippen molar-refractivity contribution in [2.45, 2.75) is 45.8 Å². The average Bonchev–Trinajstić information content (AvgIpc) is 3.03. The summed E-state index contributed by atoms with van der Waals surface area (Å²) >= 11 is 1.75. The number of guanidine groups is 1. The van der Waals surface area contributed by atoms with Crippen LogP contribution in [0, 0.1) is 0 Å². The van der Waals surface area contributed by atoms with Crippen molar-refractivity contribution in [3.8, 4) is 0 Å². The second kappa shape index (κ2) is 9.20. The van der Waals surface area contributed by atoms with Crippen LogP contribution in [-0.4, -0.2) is 61.3 Å². The lowest BCUT2D eigenvalue weighted by Gasteiger charge is -2.38. The van der Waals surface area contributed by atoms with Crippen molar-refractivity contribution in [3.63, 3.8) is 0 Å². The largest absolute Gasteiger partial charge is 0.379 e. The molecule has 1 aliphatic rings. The van der Waals surface area contributed by atoms with Crippen LogP contribution in [0.1, 0.15) is 30.7 Å². The highest BCUT2D eigenvalue weighted by Gasteiger charge is 2.23. The van der Waals surface area contributed by atoms with Crippen molar-refractivity contribution in [3.05, 3.63) is 16.1 Å². The van der Waals surface area contributed by atoms with Gasteiger partial charge >= 0.3 is 0 Å². The Balaban J connectivity index is 1.75. The standard InChI is InChI=1S/C16H29N5OS/c1-5-14-9-18-15(23-14)10-20-16(17-4)19-8-12(2)21-6-7-22-11-13(21)3/h9,12-13H,5-8,10-11H2,1-4H3,(H2,17,19,20). The first-order valence-electron chi connectivity index (χ1n) is 8.35. The summed E-state index contributed by atoms with van der Waals surface area (Å²) in [5.41, 5.74) is 0.